The molecule has 0 spiro atoms. The van der Waals surface area contributed by atoms with Crippen molar-refractivity contribution >= 4 is 47.0 Å². The van der Waals surface area contributed by atoms with Gasteiger partial charge in [-0.3, -0.25) is 0 Å². The Morgan fingerprint density at radius 3 is 2.38 bits per heavy atom. The van der Waals surface area contributed by atoms with Crippen molar-refractivity contribution < 1.29 is 8.42 Å². The van der Waals surface area contributed by atoms with E-state index >= 15 is 0 Å². The molecule has 72 valence electrons. The predicted molar refractivity (Wildman–Crippen MR) is 62.3 cm³/mol. The lowest BCUT2D eigenvalue weighted by atomic mass is 10.0. The summed E-state index contributed by atoms with van der Waals surface area (Å²) in [5, 5.41) is 1.49. The maximum absolute atomic E-state index is 10.7. The maximum atomic E-state index is 10.7. The summed E-state index contributed by atoms with van der Waals surface area (Å²) in [4.78, 5) is 0.458. The molecule has 5 heteroatoms. The van der Waals surface area contributed by atoms with Crippen LogP contribution >= 0.6 is 31.9 Å². The first kappa shape index (κ1) is 11.2. The molecule has 0 heterocycles. The fourth-order valence-electron chi connectivity index (χ4n) is 1.08. The van der Waals surface area contributed by atoms with Crippen molar-refractivity contribution in [2.45, 2.75) is 6.42 Å². The highest BCUT2D eigenvalue weighted by molar-refractivity contribution is 9.09. The lowest BCUT2D eigenvalue weighted by molar-refractivity contribution is 0.627. The summed E-state index contributed by atoms with van der Waals surface area (Å²) in [5.41, 5.74) is 2.28. The molecule has 0 atom stereocenters. The minimum atomic E-state index is -2.08. The molecule has 0 amide bonds. The monoisotopic (exact) mass is 326 g/mol. The summed E-state index contributed by atoms with van der Waals surface area (Å²) < 4.78 is 21.3. The Kier molecular flexibility index (Phi) is 4.41. The Morgan fingerprint density at radius 1 is 1.23 bits per heavy atom. The summed E-state index contributed by atoms with van der Waals surface area (Å²) in [7, 11) is -2.08. The zero-order chi connectivity index (χ0) is 9.84. The van der Waals surface area contributed by atoms with Gasteiger partial charge in [-0.25, -0.2) is 0 Å². The first-order valence-corrected chi connectivity index (χ1v) is 6.96. The topological polar surface area (TPSA) is 34.1 Å². The SMILES string of the molecule is O=S(=O)=C1C=CC(CBr)=C(CBr)C1. The van der Waals surface area contributed by atoms with E-state index in [1.807, 2.05) is 6.08 Å². The quantitative estimate of drug-likeness (QED) is 0.575. The highest BCUT2D eigenvalue weighted by Gasteiger charge is 2.11. The van der Waals surface area contributed by atoms with Crippen LogP contribution in [0.5, 0.6) is 0 Å². The van der Waals surface area contributed by atoms with E-state index in [9.17, 15) is 8.42 Å². The average Bonchev–Trinajstić information content (AvgIpc) is 2.16. The van der Waals surface area contributed by atoms with Crippen molar-refractivity contribution in [3.8, 4) is 0 Å². The molecule has 0 N–H and O–H groups in total. The van der Waals surface area contributed by atoms with Gasteiger partial charge in [0.15, 0.2) is 0 Å². The molecule has 0 saturated heterocycles. The summed E-state index contributed by atoms with van der Waals surface area (Å²) in [6, 6.07) is 0. The molecule has 0 aromatic heterocycles. The molecule has 1 aliphatic carbocycles. The van der Waals surface area contributed by atoms with Crippen molar-refractivity contribution in [1.29, 1.82) is 0 Å². The van der Waals surface area contributed by atoms with Gasteiger partial charge in [0, 0.05) is 17.1 Å². The van der Waals surface area contributed by atoms with Crippen LogP contribution < -0.4 is 0 Å². The van der Waals surface area contributed by atoms with E-state index in [-0.39, 0.29) is 0 Å². The van der Waals surface area contributed by atoms with Crippen LogP contribution in [0.4, 0.5) is 0 Å². The zero-order valence-electron chi connectivity index (χ0n) is 6.76. The van der Waals surface area contributed by atoms with Crippen molar-refractivity contribution in [2.24, 2.45) is 0 Å². The largest absolute Gasteiger partial charge is 0.217 e. The van der Waals surface area contributed by atoms with E-state index in [1.54, 1.807) is 6.08 Å². The molecule has 0 aliphatic heterocycles. The minimum absolute atomic E-state index is 0.458. The lowest BCUT2D eigenvalue weighted by Crippen LogP contribution is -2.07. The van der Waals surface area contributed by atoms with E-state index in [0.717, 1.165) is 21.8 Å². The van der Waals surface area contributed by atoms with Gasteiger partial charge in [-0.05, 0) is 11.6 Å². The second-order valence-electron chi connectivity index (χ2n) is 2.61. The van der Waals surface area contributed by atoms with E-state index < -0.39 is 10.3 Å². The number of rotatable bonds is 2. The van der Waals surface area contributed by atoms with Gasteiger partial charge in [0.25, 0.3) is 0 Å². The van der Waals surface area contributed by atoms with Gasteiger partial charge in [-0.15, -0.1) is 0 Å². The smallest absolute Gasteiger partial charge is 0.184 e. The van der Waals surface area contributed by atoms with Crippen LogP contribution in [0.1, 0.15) is 6.42 Å². The van der Waals surface area contributed by atoms with E-state index in [1.165, 1.54) is 0 Å². The van der Waals surface area contributed by atoms with Crippen LogP contribution in [0.25, 0.3) is 0 Å². The van der Waals surface area contributed by atoms with Gasteiger partial charge in [0.1, 0.15) is 0 Å². The third kappa shape index (κ3) is 2.79. The number of hydrogen-bond acceptors (Lipinski definition) is 2. The highest BCUT2D eigenvalue weighted by Crippen LogP contribution is 2.20. The third-order valence-corrected chi connectivity index (χ3v) is 3.82. The minimum Gasteiger partial charge on any atom is -0.184 e. The Labute approximate surface area is 95.5 Å². The molecule has 0 saturated carbocycles. The first-order valence-electron chi connectivity index (χ1n) is 3.65. The van der Waals surface area contributed by atoms with Crippen LogP contribution in [0.2, 0.25) is 0 Å². The van der Waals surface area contributed by atoms with Crippen LogP contribution in [-0.2, 0) is 10.3 Å². The molecule has 0 unspecified atom stereocenters. The lowest BCUT2D eigenvalue weighted by Gasteiger charge is -2.11. The second-order valence-corrected chi connectivity index (χ2v) is 4.72. The standard InChI is InChI=1S/C8H8Br2O2S/c9-4-6-1-2-8(13(11)12)3-7(6)5-10/h1-2H,3-5H2. The van der Waals surface area contributed by atoms with Gasteiger partial charge in [0.2, 0.25) is 10.3 Å². The summed E-state index contributed by atoms with van der Waals surface area (Å²) >= 11 is 6.70. The van der Waals surface area contributed by atoms with Gasteiger partial charge >= 0.3 is 0 Å². The van der Waals surface area contributed by atoms with Gasteiger partial charge < -0.3 is 0 Å². The molecule has 0 aromatic rings. The predicted octanol–water partition coefficient (Wildman–Crippen LogP) is 2.08. The molecular weight excluding hydrogens is 320 g/mol. The van der Waals surface area contributed by atoms with Crippen LogP contribution in [0, 0.1) is 0 Å². The molecule has 0 radical (unpaired) electrons. The molecule has 0 fully saturated rings. The molecule has 1 rings (SSSR count). The maximum Gasteiger partial charge on any atom is 0.217 e. The Hall–Kier alpha value is 0.130. The summed E-state index contributed by atoms with van der Waals surface area (Å²) in [6.07, 6.45) is 4.03. The summed E-state index contributed by atoms with van der Waals surface area (Å²) in [5.74, 6) is 0. The number of alkyl halides is 2. The van der Waals surface area contributed by atoms with Crippen molar-refractivity contribution in [2.75, 3.05) is 10.7 Å². The molecule has 2 nitrogen and oxygen atoms in total. The molecule has 13 heavy (non-hydrogen) atoms. The van der Waals surface area contributed by atoms with Crippen molar-refractivity contribution in [1.82, 2.24) is 0 Å². The first-order chi connectivity index (χ1) is 6.19. The summed E-state index contributed by atoms with van der Waals surface area (Å²) in [6.45, 7) is 0. The molecular formula is C8H8Br2O2S. The van der Waals surface area contributed by atoms with E-state index in [0.29, 0.717) is 11.3 Å². The molecule has 0 bridgehead atoms. The average molecular weight is 328 g/mol. The van der Waals surface area contributed by atoms with E-state index in [4.69, 9.17) is 0 Å². The number of hydrogen-bond donors (Lipinski definition) is 0. The number of halogens is 2. The van der Waals surface area contributed by atoms with Gasteiger partial charge in [-0.2, -0.15) is 8.42 Å². The van der Waals surface area contributed by atoms with E-state index in [2.05, 4.69) is 31.9 Å². The van der Waals surface area contributed by atoms with Crippen LogP contribution in [-0.4, -0.2) is 23.9 Å². The van der Waals surface area contributed by atoms with Crippen LogP contribution in [0.15, 0.2) is 23.3 Å². The zero-order valence-corrected chi connectivity index (χ0v) is 10.7. The highest BCUT2D eigenvalue weighted by atomic mass is 79.9. The molecule has 1 aliphatic rings. The fraction of sp³-hybridized carbons (Fsp3) is 0.375. The Bertz CT molecular complexity index is 382. The normalized spacial score (nSPS) is 16.6. The fourth-order valence-corrected chi connectivity index (χ4v) is 2.69. The second kappa shape index (κ2) is 5.12. The Morgan fingerprint density at radius 2 is 1.92 bits per heavy atom. The third-order valence-electron chi connectivity index (χ3n) is 1.83. The van der Waals surface area contributed by atoms with Gasteiger partial charge in [0.05, 0.1) is 4.86 Å². The van der Waals surface area contributed by atoms with Crippen LogP contribution in [0.3, 0.4) is 0 Å². The number of allylic oxidation sites excluding steroid dienone is 4. The molecule has 0 aromatic carbocycles. The van der Waals surface area contributed by atoms with Crippen molar-refractivity contribution in [3.63, 3.8) is 0 Å². The van der Waals surface area contributed by atoms with Crippen molar-refractivity contribution in [3.05, 3.63) is 23.3 Å². The van der Waals surface area contributed by atoms with Gasteiger partial charge in [-0.1, -0.05) is 43.5 Å². The Balaban J connectivity index is 3.07.